The van der Waals surface area contributed by atoms with Gasteiger partial charge in [0.1, 0.15) is 52.0 Å². The minimum atomic E-state index is -0.115. The van der Waals surface area contributed by atoms with E-state index in [2.05, 4.69) is 177 Å². The van der Waals surface area contributed by atoms with Crippen molar-refractivity contribution in [2.24, 2.45) is 5.73 Å². The number of aryl methyl sites for hydroxylation is 4. The molecule has 4 aromatic carbocycles. The summed E-state index contributed by atoms with van der Waals surface area (Å²) in [4.78, 5) is 99.6. The van der Waals surface area contributed by atoms with Crippen LogP contribution in [0.2, 0.25) is 20.1 Å². The molecule has 16 heterocycles. The average Bonchev–Trinajstić information content (AvgIpc) is 1.01. The molecule has 0 saturated heterocycles. The van der Waals surface area contributed by atoms with Crippen molar-refractivity contribution in [3.8, 4) is 45.0 Å². The summed E-state index contributed by atoms with van der Waals surface area (Å²) in [5.41, 5.74) is 29.9. The lowest BCUT2D eigenvalue weighted by Crippen LogP contribution is -2.11. The van der Waals surface area contributed by atoms with Crippen molar-refractivity contribution in [3.63, 3.8) is 0 Å². The first-order chi connectivity index (χ1) is 58.8. The van der Waals surface area contributed by atoms with Crippen LogP contribution in [0.15, 0.2) is 226 Å². The number of hydrogen-bond acceptors (Lipinski definition) is 24. The van der Waals surface area contributed by atoms with Crippen LogP contribution in [0.5, 0.6) is 0 Å². The number of nitrogens with one attached hydrogen (secondary N) is 7. The zero-order chi connectivity index (χ0) is 84.0. The van der Waals surface area contributed by atoms with E-state index >= 15 is 0 Å². The Labute approximate surface area is 719 Å². The lowest BCUT2D eigenvalue weighted by atomic mass is 9.97. The Balaban J connectivity index is 0.000000116. The van der Waals surface area contributed by atoms with Gasteiger partial charge in [0.05, 0.1) is 108 Å². The number of aromatic amines is 4. The zero-order valence-corrected chi connectivity index (χ0v) is 70.6. The van der Waals surface area contributed by atoms with E-state index < -0.39 is 0 Å². The summed E-state index contributed by atoms with van der Waals surface area (Å²) in [6, 6.07) is 47.0. The standard InChI is InChI=1S/3C22H18ClN7.C17H16ClN3.C5H3BrN4/c3*1-12-15(6-4-8-24-12)19-16(9-14-5-3-7-17(23)18(14)30-19)13(2)29-22-20-21(26-10-25-20)27-11-28-22;1-10(19)14-9-12-5-3-7-15(18)16(12)21-17(14)13-6-4-8-20-11(13)2;6-4-3-5(9-1-7-3)10-2-8-4/h3*3-11,13H,1-2H3,(H2,25,26,27,28,29);3-10H,19H2,1-2H3;1-2H,(H,7,8,9,10)/t13-;;;;/m0..../s1. The molecule has 0 aliphatic heterocycles. The molecule has 20 aromatic rings. The van der Waals surface area contributed by atoms with E-state index in [1.165, 1.54) is 25.3 Å². The highest BCUT2D eigenvalue weighted by Gasteiger charge is 2.25. The molecule has 9 N–H and O–H groups in total. The lowest BCUT2D eigenvalue weighted by molar-refractivity contribution is 0.817. The van der Waals surface area contributed by atoms with Gasteiger partial charge in [0.2, 0.25) is 0 Å². The largest absolute Gasteiger partial charge is 0.362 e. The van der Waals surface area contributed by atoms with Crippen molar-refractivity contribution in [1.82, 2.24) is 120 Å². The lowest BCUT2D eigenvalue weighted by Gasteiger charge is -2.20. The third kappa shape index (κ3) is 17.3. The summed E-state index contributed by atoms with van der Waals surface area (Å²) in [5, 5.41) is 16.9. The summed E-state index contributed by atoms with van der Waals surface area (Å²) in [7, 11) is 0. The Morgan fingerprint density at radius 2 is 0.579 bits per heavy atom. The number of hydrogen-bond donors (Lipinski definition) is 8. The summed E-state index contributed by atoms with van der Waals surface area (Å²) in [6.45, 7) is 16.1. The maximum atomic E-state index is 6.45. The van der Waals surface area contributed by atoms with Crippen LogP contribution >= 0.6 is 62.3 Å². The van der Waals surface area contributed by atoms with E-state index in [9.17, 15) is 0 Å². The molecule has 3 unspecified atom stereocenters. The molecule has 0 aliphatic rings. The van der Waals surface area contributed by atoms with Gasteiger partial charge in [-0.1, -0.05) is 94.9 Å². The first kappa shape index (κ1) is 81.1. The molecule has 33 heteroatoms. The van der Waals surface area contributed by atoms with Crippen LogP contribution in [0.3, 0.4) is 0 Å². The van der Waals surface area contributed by atoms with Gasteiger partial charge in [-0.15, -0.1) is 0 Å². The molecule has 4 atom stereocenters. The highest BCUT2D eigenvalue weighted by atomic mass is 79.9. The van der Waals surface area contributed by atoms with Crippen molar-refractivity contribution in [1.29, 1.82) is 0 Å². The molecular weight excluding hydrogens is 1670 g/mol. The molecule has 121 heavy (non-hydrogen) atoms. The first-order valence-electron chi connectivity index (χ1n) is 38.1. The van der Waals surface area contributed by atoms with Gasteiger partial charge in [0.25, 0.3) is 0 Å². The number of pyridine rings is 8. The SMILES string of the molecule is Brc1ncnc2nc[nH]c12.Cc1ncccc1-c1nc2c(Cl)cccc2cc1C(C)N.Cc1ncccc1-c1nc2c(Cl)cccc2cc1C(C)Nc1ncnc2nc[nH]c12.Cc1ncccc1-c1nc2c(Cl)cccc2cc1C(C)Nc1ncnc2nc[nH]c12.Cc1ncccc1-c1nc2c(Cl)cccc2cc1[C@H](C)Nc1ncnc2nc[nH]c12. The molecule has 600 valence electrons. The Kier molecular flexibility index (Phi) is 24.0. The summed E-state index contributed by atoms with van der Waals surface area (Å²) < 4.78 is 0.745. The van der Waals surface area contributed by atoms with Gasteiger partial charge in [-0.25, -0.2) is 79.7 Å². The predicted octanol–water partition coefficient (Wildman–Crippen LogP) is 20.7. The number of aromatic nitrogens is 24. The molecule has 0 aliphatic carbocycles. The van der Waals surface area contributed by atoms with E-state index in [1.54, 1.807) is 50.1 Å². The van der Waals surface area contributed by atoms with Crippen molar-refractivity contribution in [2.75, 3.05) is 16.0 Å². The third-order valence-corrected chi connectivity index (χ3v) is 22.0. The molecule has 20 rings (SSSR count). The third-order valence-electron chi connectivity index (χ3n) is 20.1. The van der Waals surface area contributed by atoms with Crippen LogP contribution in [0.1, 0.15) is 96.9 Å². The molecule has 0 saturated carbocycles. The fraction of sp³-hybridized carbons (Fsp3) is 0.136. The van der Waals surface area contributed by atoms with Gasteiger partial charge < -0.3 is 41.6 Å². The maximum Gasteiger partial charge on any atom is 0.182 e. The zero-order valence-electron chi connectivity index (χ0n) is 66.0. The number of fused-ring (bicyclic) bond motifs is 8. The van der Waals surface area contributed by atoms with Crippen LogP contribution in [0.25, 0.3) is 133 Å². The Hall–Kier alpha value is -13.7. The van der Waals surface area contributed by atoms with Gasteiger partial charge in [-0.3, -0.25) is 19.9 Å². The summed E-state index contributed by atoms with van der Waals surface area (Å²) >= 11 is 28.9. The number of halogens is 5. The minimum absolute atomic E-state index is 0.100. The van der Waals surface area contributed by atoms with Crippen molar-refractivity contribution in [3.05, 3.63) is 291 Å². The Bertz CT molecular complexity index is 6700. The van der Waals surface area contributed by atoms with E-state index in [1.807, 2.05) is 156 Å². The Morgan fingerprint density at radius 3 is 0.860 bits per heavy atom. The number of nitrogens with two attached hydrogens (primary N) is 1. The van der Waals surface area contributed by atoms with Crippen LogP contribution in [0.4, 0.5) is 17.5 Å². The predicted molar refractivity (Wildman–Crippen MR) is 482 cm³/mol. The van der Waals surface area contributed by atoms with Crippen molar-refractivity contribution >= 4 is 168 Å². The van der Waals surface area contributed by atoms with Gasteiger partial charge >= 0.3 is 0 Å². The molecule has 28 nitrogen and oxygen atoms in total. The monoisotopic (exact) mass is 1740 g/mol. The first-order valence-corrected chi connectivity index (χ1v) is 40.4. The molecule has 0 bridgehead atoms. The van der Waals surface area contributed by atoms with Crippen LogP contribution in [-0.4, -0.2) is 120 Å². The summed E-state index contributed by atoms with van der Waals surface area (Å²) in [6.07, 6.45) is 19.5. The highest BCUT2D eigenvalue weighted by molar-refractivity contribution is 9.10. The normalized spacial score (nSPS) is 12.2. The molecule has 0 radical (unpaired) electrons. The molecule has 0 fully saturated rings. The van der Waals surface area contributed by atoms with E-state index in [0.717, 1.165) is 160 Å². The number of benzene rings is 4. The van der Waals surface area contributed by atoms with Crippen LogP contribution in [-0.2, 0) is 0 Å². The van der Waals surface area contributed by atoms with Gasteiger partial charge in [-0.2, -0.15) is 0 Å². The second-order valence-electron chi connectivity index (χ2n) is 28.1. The Morgan fingerprint density at radius 1 is 0.314 bits per heavy atom. The van der Waals surface area contributed by atoms with Gasteiger partial charge in [0, 0.05) is 114 Å². The molecule has 16 aromatic heterocycles. The number of rotatable bonds is 14. The summed E-state index contributed by atoms with van der Waals surface area (Å²) in [5.74, 6) is 2.06. The number of nitrogens with zero attached hydrogens (tertiary/aromatic N) is 20. The smallest absolute Gasteiger partial charge is 0.182 e. The van der Waals surface area contributed by atoms with Crippen molar-refractivity contribution in [2.45, 2.75) is 79.6 Å². The molecule has 0 spiro atoms. The maximum absolute atomic E-state index is 6.45. The number of anilines is 3. The van der Waals surface area contributed by atoms with Crippen molar-refractivity contribution < 1.29 is 0 Å². The van der Waals surface area contributed by atoms with E-state index in [-0.39, 0.29) is 24.2 Å². The molecule has 0 amide bonds. The second-order valence-corrected chi connectivity index (χ2v) is 30.5. The highest BCUT2D eigenvalue weighted by Crippen LogP contribution is 2.40. The quantitative estimate of drug-likeness (QED) is 0.0469. The van der Waals surface area contributed by atoms with Crippen LogP contribution < -0.4 is 21.7 Å². The second kappa shape index (κ2) is 35.9. The molecular formula is C88H73BrCl4N28. The van der Waals surface area contributed by atoms with E-state index in [4.69, 9.17) is 72.1 Å². The number of para-hydroxylation sites is 4. The topological polar surface area (TPSA) is 383 Å². The van der Waals surface area contributed by atoms with E-state index in [0.29, 0.717) is 60.1 Å². The number of H-pyrrole nitrogens is 4. The van der Waals surface area contributed by atoms with Gasteiger partial charge in [-0.05, 0) is 174 Å². The van der Waals surface area contributed by atoms with Crippen LogP contribution in [0, 0.1) is 27.7 Å². The average molecular weight is 1740 g/mol. The number of imidazole rings is 4. The fourth-order valence-electron chi connectivity index (χ4n) is 14.1. The minimum Gasteiger partial charge on any atom is -0.362 e. The fourth-order valence-corrected chi connectivity index (χ4v) is 15.3. The van der Waals surface area contributed by atoms with Gasteiger partial charge in [0.15, 0.2) is 40.0 Å².